The van der Waals surface area contributed by atoms with E-state index in [0.717, 1.165) is 34.2 Å². The van der Waals surface area contributed by atoms with E-state index >= 15 is 0 Å². The highest BCUT2D eigenvalue weighted by Gasteiger charge is 2.23. The molecule has 1 N–H and O–H groups in total. The van der Waals surface area contributed by atoms with Gasteiger partial charge in [-0.05, 0) is 55.5 Å². The van der Waals surface area contributed by atoms with Crippen LogP contribution in [-0.2, 0) is 4.79 Å². The number of rotatable bonds is 7. The largest absolute Gasteiger partial charge is 0.492 e. The van der Waals surface area contributed by atoms with Crippen LogP contribution in [0.25, 0.3) is 11.4 Å². The average molecular weight is 457 g/mol. The lowest BCUT2D eigenvalue weighted by Gasteiger charge is -2.32. The molecule has 5 rings (SSSR count). The predicted molar refractivity (Wildman–Crippen MR) is 127 cm³/mol. The summed E-state index contributed by atoms with van der Waals surface area (Å²) in [6.07, 6.45) is 0. The van der Waals surface area contributed by atoms with Gasteiger partial charge in [-0.25, -0.2) is 0 Å². The smallest absolute Gasteiger partial charge is 0.249 e. The van der Waals surface area contributed by atoms with Crippen molar-refractivity contribution in [2.45, 2.75) is 19.9 Å². The number of carbonyl (C=O) groups is 1. The lowest BCUT2D eigenvalue weighted by atomic mass is 10.1. The Morgan fingerprint density at radius 1 is 1.00 bits per heavy atom. The first-order valence-corrected chi connectivity index (χ1v) is 11.1. The third-order valence-electron chi connectivity index (χ3n) is 5.46. The minimum absolute atomic E-state index is 0.155. The molecule has 1 aromatic heterocycles. The highest BCUT2D eigenvalue weighted by molar-refractivity contribution is 5.77. The van der Waals surface area contributed by atoms with E-state index in [0.29, 0.717) is 24.9 Å². The number of para-hydroxylation sites is 4. The molecule has 1 aliphatic heterocycles. The van der Waals surface area contributed by atoms with Crippen LogP contribution in [0, 0.1) is 0 Å². The number of ether oxygens (including phenoxy) is 2. The molecule has 34 heavy (non-hydrogen) atoms. The van der Waals surface area contributed by atoms with Crippen molar-refractivity contribution in [3.8, 4) is 28.6 Å². The molecule has 0 aliphatic carbocycles. The number of aromatic nitrogens is 2. The zero-order valence-corrected chi connectivity index (χ0v) is 18.9. The molecule has 3 aromatic carbocycles. The second-order valence-corrected chi connectivity index (χ2v) is 7.94. The molecule has 4 aromatic rings. The molecular formula is C26H24N4O4. The lowest BCUT2D eigenvalue weighted by molar-refractivity contribution is -0.119. The first-order valence-electron chi connectivity index (χ1n) is 11.1. The van der Waals surface area contributed by atoms with Crippen LogP contribution < -0.4 is 19.7 Å². The fraction of sp³-hybridized carbons (Fsp3) is 0.192. The Labute approximate surface area is 197 Å². The summed E-state index contributed by atoms with van der Waals surface area (Å²) in [5.74, 6) is 3.07. The van der Waals surface area contributed by atoms with E-state index in [1.54, 1.807) is 6.92 Å². The third kappa shape index (κ3) is 4.43. The fourth-order valence-corrected chi connectivity index (χ4v) is 3.87. The van der Waals surface area contributed by atoms with Crippen LogP contribution in [-0.4, -0.2) is 29.2 Å². The Morgan fingerprint density at radius 2 is 1.65 bits per heavy atom. The molecular weight excluding hydrogens is 432 g/mol. The molecule has 8 heteroatoms. The summed E-state index contributed by atoms with van der Waals surface area (Å²) in [4.78, 5) is 17.8. The summed E-state index contributed by atoms with van der Waals surface area (Å²) < 4.78 is 17.3. The molecule has 172 valence electrons. The van der Waals surface area contributed by atoms with Crippen molar-refractivity contribution in [3.63, 3.8) is 0 Å². The predicted octanol–water partition coefficient (Wildman–Crippen LogP) is 5.26. The summed E-state index contributed by atoms with van der Waals surface area (Å²) in [5, 5.41) is 6.74. The number of benzene rings is 3. The number of carbonyl (C=O) groups excluding carboxylic acids is 1. The first kappa shape index (κ1) is 21.5. The van der Waals surface area contributed by atoms with E-state index in [1.165, 1.54) is 6.92 Å². The SMILES string of the molecule is CC(=O)NC(C)c1nc(-c2ccc(OCCN3c4ccccc4Oc4ccccc43)cc2)no1. The van der Waals surface area contributed by atoms with Gasteiger partial charge in [-0.1, -0.05) is 29.4 Å². The van der Waals surface area contributed by atoms with Gasteiger partial charge in [0.05, 0.1) is 17.9 Å². The average Bonchev–Trinajstić information content (AvgIpc) is 3.34. The molecule has 2 heterocycles. The molecule has 1 unspecified atom stereocenters. The number of hydrogen-bond donors (Lipinski definition) is 1. The number of anilines is 2. The van der Waals surface area contributed by atoms with Gasteiger partial charge in [-0.15, -0.1) is 0 Å². The number of nitrogens with one attached hydrogen (secondary N) is 1. The maximum Gasteiger partial charge on any atom is 0.249 e. The van der Waals surface area contributed by atoms with Crippen LogP contribution >= 0.6 is 0 Å². The van der Waals surface area contributed by atoms with Crippen LogP contribution in [0.2, 0.25) is 0 Å². The molecule has 0 spiro atoms. The van der Waals surface area contributed by atoms with Crippen molar-refractivity contribution in [1.29, 1.82) is 0 Å². The van der Waals surface area contributed by atoms with Crippen LogP contribution in [0.15, 0.2) is 77.3 Å². The van der Waals surface area contributed by atoms with E-state index in [4.69, 9.17) is 14.0 Å². The minimum atomic E-state index is -0.350. The normalized spacial score (nSPS) is 12.8. The summed E-state index contributed by atoms with van der Waals surface area (Å²) >= 11 is 0. The Bertz CT molecular complexity index is 1260. The summed E-state index contributed by atoms with van der Waals surface area (Å²) in [5.41, 5.74) is 2.83. The van der Waals surface area contributed by atoms with E-state index in [-0.39, 0.29) is 11.9 Å². The standard InChI is InChI=1S/C26H24N4O4/c1-17(27-18(2)31)26-28-25(29-34-26)19-11-13-20(14-12-19)32-16-15-30-21-7-3-5-9-23(21)33-24-10-6-4-8-22(24)30/h3-14,17H,15-16H2,1-2H3,(H,27,31). The van der Waals surface area contributed by atoms with Crippen LogP contribution in [0.5, 0.6) is 17.2 Å². The lowest BCUT2D eigenvalue weighted by Crippen LogP contribution is -2.26. The molecule has 0 fully saturated rings. The van der Waals surface area contributed by atoms with Crippen LogP contribution in [0.4, 0.5) is 11.4 Å². The van der Waals surface area contributed by atoms with Crippen molar-refractivity contribution in [3.05, 3.63) is 78.7 Å². The third-order valence-corrected chi connectivity index (χ3v) is 5.46. The van der Waals surface area contributed by atoms with E-state index in [2.05, 4.69) is 20.4 Å². The maximum absolute atomic E-state index is 11.2. The molecule has 1 atom stereocenters. The van der Waals surface area contributed by atoms with Gasteiger partial charge in [0.25, 0.3) is 0 Å². The highest BCUT2D eigenvalue weighted by Crippen LogP contribution is 2.45. The number of amides is 1. The first-order chi connectivity index (χ1) is 16.6. The maximum atomic E-state index is 11.2. The number of fused-ring (bicyclic) bond motifs is 2. The Morgan fingerprint density at radius 3 is 2.29 bits per heavy atom. The van der Waals surface area contributed by atoms with Crippen molar-refractivity contribution >= 4 is 17.3 Å². The Balaban J connectivity index is 1.24. The summed E-state index contributed by atoms with van der Waals surface area (Å²) in [7, 11) is 0. The second kappa shape index (κ2) is 9.27. The van der Waals surface area contributed by atoms with Gasteiger partial charge >= 0.3 is 0 Å². The van der Waals surface area contributed by atoms with Gasteiger partial charge in [0.1, 0.15) is 18.4 Å². The molecule has 1 amide bonds. The van der Waals surface area contributed by atoms with E-state index in [9.17, 15) is 4.79 Å². The molecule has 1 aliphatic rings. The zero-order valence-electron chi connectivity index (χ0n) is 18.9. The van der Waals surface area contributed by atoms with Crippen molar-refractivity contribution in [1.82, 2.24) is 15.5 Å². The quantitative estimate of drug-likeness (QED) is 0.406. The van der Waals surface area contributed by atoms with Crippen LogP contribution in [0.1, 0.15) is 25.8 Å². The minimum Gasteiger partial charge on any atom is -0.492 e. The van der Waals surface area contributed by atoms with Gasteiger partial charge in [0, 0.05) is 12.5 Å². The summed E-state index contributed by atoms with van der Waals surface area (Å²) in [6, 6.07) is 23.1. The van der Waals surface area contributed by atoms with Crippen molar-refractivity contribution < 1.29 is 18.8 Å². The van der Waals surface area contributed by atoms with E-state index < -0.39 is 0 Å². The summed E-state index contributed by atoms with van der Waals surface area (Å²) in [6.45, 7) is 4.39. The van der Waals surface area contributed by atoms with Crippen molar-refractivity contribution in [2.24, 2.45) is 0 Å². The van der Waals surface area contributed by atoms with Gasteiger partial charge in [0.15, 0.2) is 11.5 Å². The van der Waals surface area contributed by atoms with Gasteiger partial charge in [-0.3, -0.25) is 4.79 Å². The molecule has 8 nitrogen and oxygen atoms in total. The number of hydrogen-bond acceptors (Lipinski definition) is 7. The zero-order chi connectivity index (χ0) is 23.5. The molecule has 0 radical (unpaired) electrons. The van der Waals surface area contributed by atoms with E-state index in [1.807, 2.05) is 72.8 Å². The van der Waals surface area contributed by atoms with Gasteiger partial charge < -0.3 is 24.2 Å². The number of nitrogens with zero attached hydrogens (tertiary/aromatic N) is 3. The second-order valence-electron chi connectivity index (χ2n) is 7.94. The Hall–Kier alpha value is -4.33. The Kier molecular flexibility index (Phi) is 5.86. The monoisotopic (exact) mass is 456 g/mol. The molecule has 0 saturated heterocycles. The highest BCUT2D eigenvalue weighted by atomic mass is 16.5. The topological polar surface area (TPSA) is 89.7 Å². The molecule has 0 saturated carbocycles. The van der Waals surface area contributed by atoms with Gasteiger partial charge in [-0.2, -0.15) is 4.98 Å². The van der Waals surface area contributed by atoms with Gasteiger partial charge in [0.2, 0.25) is 17.6 Å². The molecule has 0 bridgehead atoms. The fourth-order valence-electron chi connectivity index (χ4n) is 3.87. The van der Waals surface area contributed by atoms with Crippen LogP contribution in [0.3, 0.4) is 0 Å². The van der Waals surface area contributed by atoms with Crippen molar-refractivity contribution in [2.75, 3.05) is 18.1 Å².